The van der Waals surface area contributed by atoms with Gasteiger partial charge in [0, 0.05) is 5.57 Å². The lowest BCUT2D eigenvalue weighted by molar-refractivity contribution is -0.175. The van der Waals surface area contributed by atoms with Gasteiger partial charge in [-0.25, -0.2) is 4.79 Å². The van der Waals surface area contributed by atoms with Gasteiger partial charge in [0.2, 0.25) is 5.92 Å². The molecule has 0 bridgehead atoms. The van der Waals surface area contributed by atoms with Crippen LogP contribution in [0.25, 0.3) is 0 Å². The van der Waals surface area contributed by atoms with Crippen molar-refractivity contribution in [3.8, 4) is 0 Å². The SMILES string of the molecule is C=CCOC(=O)N1CC(C(=O)C(C(=O)OC(C)(C)C)C(=O)OC(C)(C)C)=C[C@@H]1C. The van der Waals surface area contributed by atoms with Gasteiger partial charge >= 0.3 is 18.0 Å². The van der Waals surface area contributed by atoms with Crippen LogP contribution in [0.2, 0.25) is 0 Å². The van der Waals surface area contributed by atoms with E-state index in [1.54, 1.807) is 48.5 Å². The molecule has 0 radical (unpaired) electrons. The van der Waals surface area contributed by atoms with Crippen LogP contribution in [0.1, 0.15) is 48.5 Å². The lowest BCUT2D eigenvalue weighted by atomic mass is 9.97. The third-order valence-electron chi connectivity index (χ3n) is 3.70. The van der Waals surface area contributed by atoms with Gasteiger partial charge in [-0.1, -0.05) is 18.7 Å². The summed E-state index contributed by atoms with van der Waals surface area (Å²) in [6.45, 7) is 14.9. The van der Waals surface area contributed by atoms with Crippen LogP contribution in [0.5, 0.6) is 0 Å². The van der Waals surface area contributed by atoms with Crippen LogP contribution in [0.15, 0.2) is 24.3 Å². The number of hydrogen-bond donors (Lipinski definition) is 0. The van der Waals surface area contributed by atoms with Gasteiger partial charge in [0.1, 0.15) is 17.8 Å². The summed E-state index contributed by atoms with van der Waals surface area (Å²) in [6, 6.07) is -0.441. The van der Waals surface area contributed by atoms with E-state index in [0.717, 1.165) is 0 Å². The average molecular weight is 409 g/mol. The summed E-state index contributed by atoms with van der Waals surface area (Å²) in [5, 5.41) is 0. The maximum Gasteiger partial charge on any atom is 0.410 e. The highest BCUT2D eigenvalue weighted by Gasteiger charge is 2.43. The fourth-order valence-electron chi connectivity index (χ4n) is 2.58. The van der Waals surface area contributed by atoms with Gasteiger partial charge < -0.3 is 14.2 Å². The second kappa shape index (κ2) is 9.24. The zero-order chi connectivity index (χ0) is 22.6. The third-order valence-corrected chi connectivity index (χ3v) is 3.70. The molecule has 0 fully saturated rings. The molecule has 0 aromatic carbocycles. The van der Waals surface area contributed by atoms with Crippen LogP contribution in [-0.4, -0.2) is 59.1 Å². The molecular formula is C21H31NO7. The maximum absolute atomic E-state index is 13.1. The second-order valence-corrected chi connectivity index (χ2v) is 8.79. The number of rotatable bonds is 6. The molecule has 0 aromatic heterocycles. The zero-order valence-corrected chi connectivity index (χ0v) is 18.2. The lowest BCUT2D eigenvalue weighted by Gasteiger charge is -2.26. The van der Waals surface area contributed by atoms with Crippen molar-refractivity contribution >= 4 is 23.8 Å². The van der Waals surface area contributed by atoms with Gasteiger partial charge in [-0.3, -0.25) is 19.3 Å². The van der Waals surface area contributed by atoms with Crippen LogP contribution >= 0.6 is 0 Å². The number of carbonyl (C=O) groups excluding carboxylic acids is 4. The molecule has 0 unspecified atom stereocenters. The molecule has 8 nitrogen and oxygen atoms in total. The highest BCUT2D eigenvalue weighted by atomic mass is 16.6. The molecule has 1 rings (SSSR count). The Morgan fingerprint density at radius 2 is 1.59 bits per heavy atom. The van der Waals surface area contributed by atoms with Crippen LogP contribution in [-0.2, 0) is 28.6 Å². The van der Waals surface area contributed by atoms with Crippen molar-refractivity contribution in [2.24, 2.45) is 5.92 Å². The topological polar surface area (TPSA) is 99.2 Å². The average Bonchev–Trinajstić information content (AvgIpc) is 2.91. The van der Waals surface area contributed by atoms with E-state index in [0.29, 0.717) is 0 Å². The fraction of sp³-hybridized carbons (Fsp3) is 0.619. The first kappa shape index (κ1) is 24.4. The molecule has 1 aliphatic heterocycles. The van der Waals surface area contributed by atoms with Gasteiger partial charge in [0.15, 0.2) is 5.78 Å². The Kier molecular flexibility index (Phi) is 7.77. The molecule has 29 heavy (non-hydrogen) atoms. The zero-order valence-electron chi connectivity index (χ0n) is 18.2. The number of carbonyl (C=O) groups is 4. The van der Waals surface area contributed by atoms with E-state index in [2.05, 4.69) is 6.58 Å². The maximum atomic E-state index is 13.1. The van der Waals surface area contributed by atoms with E-state index in [9.17, 15) is 19.2 Å². The number of ketones is 1. The summed E-state index contributed by atoms with van der Waals surface area (Å²) in [5.74, 6) is -4.49. The van der Waals surface area contributed by atoms with Crippen molar-refractivity contribution in [1.29, 1.82) is 0 Å². The molecule has 1 aliphatic rings. The first-order valence-corrected chi connectivity index (χ1v) is 9.41. The van der Waals surface area contributed by atoms with Crippen LogP contribution in [0, 0.1) is 5.92 Å². The minimum Gasteiger partial charge on any atom is -0.459 e. The number of esters is 2. The predicted octanol–water partition coefficient (Wildman–Crippen LogP) is 2.81. The van der Waals surface area contributed by atoms with E-state index in [1.165, 1.54) is 17.1 Å². The molecule has 1 heterocycles. The van der Waals surface area contributed by atoms with Crippen molar-refractivity contribution in [3.63, 3.8) is 0 Å². The van der Waals surface area contributed by atoms with Crippen LogP contribution in [0.4, 0.5) is 4.79 Å². The summed E-state index contributed by atoms with van der Waals surface area (Å²) in [7, 11) is 0. The van der Waals surface area contributed by atoms with Crippen LogP contribution in [0.3, 0.4) is 0 Å². The van der Waals surface area contributed by atoms with E-state index >= 15 is 0 Å². The number of ether oxygens (including phenoxy) is 3. The van der Waals surface area contributed by atoms with Crippen molar-refractivity contribution in [1.82, 2.24) is 4.90 Å². The van der Waals surface area contributed by atoms with E-state index in [4.69, 9.17) is 14.2 Å². The van der Waals surface area contributed by atoms with E-state index in [-0.39, 0.29) is 18.7 Å². The number of hydrogen-bond acceptors (Lipinski definition) is 7. The van der Waals surface area contributed by atoms with E-state index < -0.39 is 47.0 Å². The van der Waals surface area contributed by atoms with Gasteiger partial charge in [-0.05, 0) is 48.5 Å². The molecule has 0 saturated heterocycles. The van der Waals surface area contributed by atoms with Gasteiger partial charge in [0.25, 0.3) is 0 Å². The molecule has 162 valence electrons. The normalized spacial score (nSPS) is 16.9. The summed E-state index contributed by atoms with van der Waals surface area (Å²) in [4.78, 5) is 51.8. The summed E-state index contributed by atoms with van der Waals surface area (Å²) >= 11 is 0. The molecule has 1 atom stereocenters. The number of Topliss-reactive ketones (excluding diaryl/α,β-unsaturated/α-hetero) is 1. The third kappa shape index (κ3) is 7.36. The van der Waals surface area contributed by atoms with Crippen molar-refractivity contribution in [2.75, 3.05) is 13.2 Å². The largest absolute Gasteiger partial charge is 0.459 e. The molecule has 1 amide bonds. The van der Waals surface area contributed by atoms with Gasteiger partial charge in [-0.2, -0.15) is 0 Å². The molecule has 8 heteroatoms. The first-order chi connectivity index (χ1) is 13.2. The quantitative estimate of drug-likeness (QED) is 0.288. The molecule has 0 N–H and O–H groups in total. The monoisotopic (exact) mass is 409 g/mol. The van der Waals surface area contributed by atoms with Gasteiger partial charge in [-0.15, -0.1) is 0 Å². The van der Waals surface area contributed by atoms with E-state index in [1.807, 2.05) is 0 Å². The minimum absolute atomic E-state index is 0.0315. The Hall–Kier alpha value is -2.64. The molecule has 0 aliphatic carbocycles. The number of nitrogens with zero attached hydrogens (tertiary/aromatic N) is 1. The molecular weight excluding hydrogens is 378 g/mol. The molecule has 0 spiro atoms. The first-order valence-electron chi connectivity index (χ1n) is 9.41. The predicted molar refractivity (Wildman–Crippen MR) is 106 cm³/mol. The van der Waals surface area contributed by atoms with Crippen molar-refractivity contribution < 1.29 is 33.4 Å². The Morgan fingerprint density at radius 1 is 1.10 bits per heavy atom. The Morgan fingerprint density at radius 3 is 2.00 bits per heavy atom. The van der Waals surface area contributed by atoms with Crippen molar-refractivity contribution in [3.05, 3.63) is 24.3 Å². The summed E-state index contributed by atoms with van der Waals surface area (Å²) in [6.07, 6.45) is 2.33. The highest BCUT2D eigenvalue weighted by Crippen LogP contribution is 2.24. The van der Waals surface area contributed by atoms with Gasteiger partial charge in [0.05, 0.1) is 12.6 Å². The van der Waals surface area contributed by atoms with Crippen LogP contribution < -0.4 is 0 Å². The Balaban J connectivity index is 3.09. The number of amides is 1. The Bertz CT molecular complexity index is 682. The second-order valence-electron chi connectivity index (χ2n) is 8.79. The fourth-order valence-corrected chi connectivity index (χ4v) is 2.58. The Labute approximate surface area is 171 Å². The lowest BCUT2D eigenvalue weighted by Crippen LogP contribution is -2.42. The smallest absolute Gasteiger partial charge is 0.410 e. The summed E-state index contributed by atoms with van der Waals surface area (Å²) < 4.78 is 15.5. The minimum atomic E-state index is -1.77. The summed E-state index contributed by atoms with van der Waals surface area (Å²) in [5.41, 5.74) is -1.64. The standard InChI is InChI=1S/C21H31NO7/c1-9-10-27-19(26)22-12-14(11-13(22)2)16(23)15(17(24)28-20(3,4)5)18(25)29-21(6,7)8/h9,11,13,15H,1,10,12H2,2-8H3/t13-/m0/s1. The van der Waals surface area contributed by atoms with Crippen molar-refractivity contribution in [2.45, 2.75) is 65.7 Å². The molecule has 0 aromatic rings. The highest BCUT2D eigenvalue weighted by molar-refractivity contribution is 6.21. The molecule has 0 saturated carbocycles.